The van der Waals surface area contributed by atoms with Gasteiger partial charge in [0.05, 0.1) is 11.3 Å². The molecular formula is C13H21N3O3. The third-order valence-corrected chi connectivity index (χ3v) is 2.57. The van der Waals surface area contributed by atoms with Crippen molar-refractivity contribution in [3.63, 3.8) is 0 Å². The fourth-order valence-corrected chi connectivity index (χ4v) is 1.53. The van der Waals surface area contributed by atoms with Crippen LogP contribution in [-0.4, -0.2) is 33.1 Å². The minimum absolute atomic E-state index is 0.00588. The highest BCUT2D eigenvalue weighted by Crippen LogP contribution is 2.09. The van der Waals surface area contributed by atoms with Gasteiger partial charge in [0, 0.05) is 12.5 Å². The summed E-state index contributed by atoms with van der Waals surface area (Å²) in [7, 11) is 0. The van der Waals surface area contributed by atoms with Crippen molar-refractivity contribution < 1.29 is 9.90 Å². The molecule has 3 N–H and O–H groups in total. The lowest BCUT2D eigenvalue weighted by molar-refractivity contribution is 0.0693. The van der Waals surface area contributed by atoms with Crippen LogP contribution >= 0.6 is 0 Å². The van der Waals surface area contributed by atoms with Crippen LogP contribution in [0.1, 0.15) is 55.5 Å². The molecule has 1 amide bonds. The van der Waals surface area contributed by atoms with Crippen LogP contribution in [0.2, 0.25) is 0 Å². The number of aliphatic hydroxyl groups is 1. The number of nitrogens with zero attached hydrogens (tertiary/aromatic N) is 1. The Kier molecular flexibility index (Phi) is 4.47. The van der Waals surface area contributed by atoms with Crippen LogP contribution in [0.4, 0.5) is 0 Å². The summed E-state index contributed by atoms with van der Waals surface area (Å²) in [6.07, 6.45) is 0. The molecule has 6 nitrogen and oxygen atoms in total. The van der Waals surface area contributed by atoms with Crippen LogP contribution in [0.5, 0.6) is 0 Å². The number of carbonyl (C=O) groups is 1. The standard InChI is InChI=1S/C13H21N3O3/c1-7(2)10-15-8(3)9(12(18)16-10)11(17)14-6-13(4,5)19/h7,19H,6H2,1-5H3,(H,14,17)(H,15,16,18). The van der Waals surface area contributed by atoms with Gasteiger partial charge in [-0.3, -0.25) is 9.59 Å². The van der Waals surface area contributed by atoms with Crippen molar-refractivity contribution in [2.45, 2.75) is 46.1 Å². The van der Waals surface area contributed by atoms with E-state index in [1.54, 1.807) is 20.8 Å². The van der Waals surface area contributed by atoms with Crippen LogP contribution in [0, 0.1) is 6.92 Å². The van der Waals surface area contributed by atoms with Gasteiger partial charge in [0.15, 0.2) is 0 Å². The molecule has 1 aromatic rings. The average Bonchev–Trinajstić information content (AvgIpc) is 2.24. The van der Waals surface area contributed by atoms with Gasteiger partial charge in [0.25, 0.3) is 11.5 Å². The molecule has 0 bridgehead atoms. The summed E-state index contributed by atoms with van der Waals surface area (Å²) >= 11 is 0. The zero-order valence-corrected chi connectivity index (χ0v) is 12.0. The Labute approximate surface area is 112 Å². The second kappa shape index (κ2) is 5.52. The number of aromatic nitrogens is 2. The van der Waals surface area contributed by atoms with Gasteiger partial charge in [0.2, 0.25) is 0 Å². The van der Waals surface area contributed by atoms with Gasteiger partial charge >= 0.3 is 0 Å². The Balaban J connectivity index is 3.02. The van der Waals surface area contributed by atoms with Crippen molar-refractivity contribution in [3.05, 3.63) is 27.4 Å². The molecule has 0 unspecified atom stereocenters. The largest absolute Gasteiger partial charge is 0.389 e. The van der Waals surface area contributed by atoms with Gasteiger partial charge in [-0.15, -0.1) is 0 Å². The lowest BCUT2D eigenvalue weighted by Gasteiger charge is -2.18. The minimum atomic E-state index is -1.03. The minimum Gasteiger partial charge on any atom is -0.389 e. The number of carbonyl (C=O) groups excluding carboxylic acids is 1. The van der Waals surface area contributed by atoms with E-state index in [4.69, 9.17) is 0 Å². The van der Waals surface area contributed by atoms with Gasteiger partial charge in [-0.2, -0.15) is 0 Å². The number of aromatic amines is 1. The smallest absolute Gasteiger partial charge is 0.264 e. The van der Waals surface area contributed by atoms with Gasteiger partial charge in [-0.05, 0) is 20.8 Å². The predicted molar refractivity (Wildman–Crippen MR) is 72.3 cm³/mol. The number of rotatable bonds is 4. The van der Waals surface area contributed by atoms with Crippen molar-refractivity contribution in [1.29, 1.82) is 0 Å². The molecule has 1 aromatic heterocycles. The first kappa shape index (κ1) is 15.4. The molecule has 0 atom stereocenters. The topological polar surface area (TPSA) is 95.1 Å². The number of H-pyrrole nitrogens is 1. The third-order valence-electron chi connectivity index (χ3n) is 2.57. The van der Waals surface area contributed by atoms with Crippen molar-refractivity contribution in [1.82, 2.24) is 15.3 Å². The summed E-state index contributed by atoms with van der Waals surface area (Å²) in [4.78, 5) is 30.7. The van der Waals surface area contributed by atoms with E-state index in [0.717, 1.165) is 0 Å². The highest BCUT2D eigenvalue weighted by molar-refractivity contribution is 5.94. The number of aryl methyl sites for hydroxylation is 1. The Morgan fingerprint density at radius 2 is 2.05 bits per heavy atom. The monoisotopic (exact) mass is 267 g/mol. The van der Waals surface area contributed by atoms with E-state index in [0.29, 0.717) is 11.5 Å². The molecule has 0 aliphatic carbocycles. The van der Waals surface area contributed by atoms with E-state index in [2.05, 4.69) is 15.3 Å². The molecule has 0 aromatic carbocycles. The third kappa shape index (κ3) is 4.17. The fourth-order valence-electron chi connectivity index (χ4n) is 1.53. The number of hydrogen-bond donors (Lipinski definition) is 3. The van der Waals surface area contributed by atoms with E-state index in [1.807, 2.05) is 13.8 Å². The van der Waals surface area contributed by atoms with E-state index in [9.17, 15) is 14.7 Å². The molecule has 0 aliphatic heterocycles. The van der Waals surface area contributed by atoms with E-state index >= 15 is 0 Å². The Morgan fingerprint density at radius 3 is 2.47 bits per heavy atom. The van der Waals surface area contributed by atoms with Crippen LogP contribution < -0.4 is 10.9 Å². The maximum absolute atomic E-state index is 11.9. The Hall–Kier alpha value is -1.69. The molecule has 1 rings (SSSR count). The Bertz CT molecular complexity index is 527. The highest BCUT2D eigenvalue weighted by Gasteiger charge is 2.20. The lowest BCUT2D eigenvalue weighted by Crippen LogP contribution is -2.40. The molecule has 0 saturated carbocycles. The lowest BCUT2D eigenvalue weighted by atomic mass is 10.1. The second-order valence-corrected chi connectivity index (χ2v) is 5.56. The quantitative estimate of drug-likeness (QED) is 0.748. The molecule has 0 fully saturated rings. The van der Waals surface area contributed by atoms with Gasteiger partial charge in [-0.25, -0.2) is 4.98 Å². The van der Waals surface area contributed by atoms with Crippen molar-refractivity contribution in [2.24, 2.45) is 0 Å². The summed E-state index contributed by atoms with van der Waals surface area (Å²) in [5, 5.41) is 12.1. The molecule has 0 spiro atoms. The maximum atomic E-state index is 11.9. The van der Waals surface area contributed by atoms with Crippen LogP contribution in [0.25, 0.3) is 0 Å². The van der Waals surface area contributed by atoms with Gasteiger partial charge in [0.1, 0.15) is 11.4 Å². The zero-order valence-electron chi connectivity index (χ0n) is 12.0. The first-order chi connectivity index (χ1) is 8.61. The van der Waals surface area contributed by atoms with E-state index in [-0.39, 0.29) is 18.0 Å². The molecule has 0 saturated heterocycles. The summed E-state index contributed by atoms with van der Waals surface area (Å²) in [6, 6.07) is 0. The Morgan fingerprint density at radius 1 is 1.47 bits per heavy atom. The maximum Gasteiger partial charge on any atom is 0.264 e. The molecule has 106 valence electrons. The fraction of sp³-hybridized carbons (Fsp3) is 0.615. The molecule has 6 heteroatoms. The van der Waals surface area contributed by atoms with Crippen molar-refractivity contribution >= 4 is 5.91 Å². The van der Waals surface area contributed by atoms with E-state index in [1.165, 1.54) is 0 Å². The van der Waals surface area contributed by atoms with Crippen molar-refractivity contribution in [2.75, 3.05) is 6.54 Å². The summed E-state index contributed by atoms with van der Waals surface area (Å²) in [5.41, 5.74) is -1.10. The first-order valence-corrected chi connectivity index (χ1v) is 6.23. The number of hydrogen-bond acceptors (Lipinski definition) is 4. The molecule has 19 heavy (non-hydrogen) atoms. The molecule has 0 aliphatic rings. The average molecular weight is 267 g/mol. The van der Waals surface area contributed by atoms with Gasteiger partial charge in [-0.1, -0.05) is 13.8 Å². The van der Waals surface area contributed by atoms with Crippen LogP contribution in [0.15, 0.2) is 4.79 Å². The first-order valence-electron chi connectivity index (χ1n) is 6.23. The zero-order chi connectivity index (χ0) is 14.8. The summed E-state index contributed by atoms with van der Waals surface area (Å²) in [5.74, 6) is 0.116. The summed E-state index contributed by atoms with van der Waals surface area (Å²) < 4.78 is 0. The highest BCUT2D eigenvalue weighted by atomic mass is 16.3. The molecular weight excluding hydrogens is 246 g/mol. The normalized spacial score (nSPS) is 11.7. The van der Waals surface area contributed by atoms with Crippen molar-refractivity contribution in [3.8, 4) is 0 Å². The van der Waals surface area contributed by atoms with Crippen LogP contribution in [-0.2, 0) is 0 Å². The van der Waals surface area contributed by atoms with E-state index < -0.39 is 17.1 Å². The molecule has 1 heterocycles. The van der Waals surface area contributed by atoms with Gasteiger partial charge < -0.3 is 15.4 Å². The van der Waals surface area contributed by atoms with Crippen LogP contribution in [0.3, 0.4) is 0 Å². The summed E-state index contributed by atoms with van der Waals surface area (Å²) in [6.45, 7) is 8.66. The SMILES string of the molecule is Cc1nc(C(C)C)[nH]c(=O)c1C(=O)NCC(C)(C)O. The predicted octanol–water partition coefficient (Wildman–Crippen LogP) is 0.702. The number of amides is 1. The number of nitrogens with one attached hydrogen (secondary N) is 2. The molecule has 0 radical (unpaired) electrons. The second-order valence-electron chi connectivity index (χ2n) is 5.56.